The van der Waals surface area contributed by atoms with Crippen LogP contribution in [0, 0.1) is 5.92 Å². The minimum Gasteiger partial charge on any atom is -0.390 e. The van der Waals surface area contributed by atoms with Gasteiger partial charge in [-0.25, -0.2) is 0 Å². The van der Waals surface area contributed by atoms with Crippen molar-refractivity contribution >= 4 is 0 Å². The lowest BCUT2D eigenvalue weighted by Gasteiger charge is -2.37. The van der Waals surface area contributed by atoms with E-state index in [4.69, 9.17) is 0 Å². The Balaban J connectivity index is 4.67. The predicted molar refractivity (Wildman–Crippen MR) is 133 cm³/mol. The highest BCUT2D eigenvalue weighted by atomic mass is 16.3. The summed E-state index contributed by atoms with van der Waals surface area (Å²) in [5.41, 5.74) is -0.392. The van der Waals surface area contributed by atoms with Crippen molar-refractivity contribution in [3.8, 4) is 0 Å². The van der Waals surface area contributed by atoms with Gasteiger partial charge in [-0.05, 0) is 31.6 Å². The van der Waals surface area contributed by atoms with Gasteiger partial charge in [0.25, 0.3) is 0 Å². The summed E-state index contributed by atoms with van der Waals surface area (Å²) < 4.78 is 0. The molecule has 1 nitrogen and oxygen atoms in total. The van der Waals surface area contributed by atoms with Crippen LogP contribution in [-0.2, 0) is 0 Å². The first kappa shape index (κ1) is 29.0. The van der Waals surface area contributed by atoms with E-state index in [1.165, 1.54) is 128 Å². The zero-order valence-electron chi connectivity index (χ0n) is 21.1. The van der Waals surface area contributed by atoms with Crippen molar-refractivity contribution in [2.45, 2.75) is 175 Å². The van der Waals surface area contributed by atoms with Crippen molar-refractivity contribution in [1.29, 1.82) is 0 Å². The standard InChI is InChI=1S/C28H58O/c1-5-9-13-16-18-21-24-27(23-20-15-11-7-3)28(29,25-12-8-4)26-22-19-17-14-10-6-2/h27,29H,5-26H2,1-4H3. The molecule has 0 saturated carbocycles. The zero-order valence-corrected chi connectivity index (χ0v) is 21.1. The third-order valence-electron chi connectivity index (χ3n) is 7.00. The monoisotopic (exact) mass is 410 g/mol. The van der Waals surface area contributed by atoms with Gasteiger partial charge in [0.05, 0.1) is 5.60 Å². The highest BCUT2D eigenvalue weighted by molar-refractivity contribution is 4.86. The second kappa shape index (κ2) is 21.2. The fraction of sp³-hybridized carbons (Fsp3) is 1.00. The maximum absolute atomic E-state index is 11.8. The summed E-state index contributed by atoms with van der Waals surface area (Å²) in [6.45, 7) is 9.15. The lowest BCUT2D eigenvalue weighted by Crippen LogP contribution is -2.38. The Kier molecular flexibility index (Phi) is 21.2. The van der Waals surface area contributed by atoms with Gasteiger partial charge in [0.2, 0.25) is 0 Å². The largest absolute Gasteiger partial charge is 0.390 e. The first-order valence-corrected chi connectivity index (χ1v) is 13.9. The van der Waals surface area contributed by atoms with Crippen molar-refractivity contribution in [2.24, 2.45) is 5.92 Å². The van der Waals surface area contributed by atoms with Crippen LogP contribution >= 0.6 is 0 Å². The molecule has 2 unspecified atom stereocenters. The number of hydrogen-bond donors (Lipinski definition) is 1. The average Bonchev–Trinajstić information content (AvgIpc) is 2.73. The summed E-state index contributed by atoms with van der Waals surface area (Å²) in [6, 6.07) is 0. The molecule has 0 aromatic carbocycles. The summed E-state index contributed by atoms with van der Waals surface area (Å²) in [6.07, 6.45) is 28.5. The summed E-state index contributed by atoms with van der Waals surface area (Å²) >= 11 is 0. The first-order valence-electron chi connectivity index (χ1n) is 13.9. The molecule has 2 atom stereocenters. The molecule has 0 radical (unpaired) electrons. The van der Waals surface area contributed by atoms with E-state index < -0.39 is 5.60 Å². The van der Waals surface area contributed by atoms with Gasteiger partial charge in [-0.2, -0.15) is 0 Å². The van der Waals surface area contributed by atoms with Crippen molar-refractivity contribution in [3.05, 3.63) is 0 Å². The molecule has 176 valence electrons. The van der Waals surface area contributed by atoms with Crippen molar-refractivity contribution in [2.75, 3.05) is 0 Å². The summed E-state index contributed by atoms with van der Waals surface area (Å²) in [5, 5.41) is 11.8. The lowest BCUT2D eigenvalue weighted by atomic mass is 9.74. The van der Waals surface area contributed by atoms with Gasteiger partial charge in [0.15, 0.2) is 0 Å². The minimum atomic E-state index is -0.392. The fourth-order valence-corrected chi connectivity index (χ4v) is 4.90. The predicted octanol–water partition coefficient (Wildman–Crippen LogP) is 10.00. The maximum Gasteiger partial charge on any atom is 0.0675 e. The number of rotatable bonds is 23. The summed E-state index contributed by atoms with van der Waals surface area (Å²) in [5.74, 6) is 0.535. The molecular formula is C28H58O. The van der Waals surface area contributed by atoms with E-state index in [2.05, 4.69) is 27.7 Å². The van der Waals surface area contributed by atoms with E-state index in [9.17, 15) is 5.11 Å². The lowest BCUT2D eigenvalue weighted by molar-refractivity contribution is -0.0454. The van der Waals surface area contributed by atoms with Gasteiger partial charge in [-0.1, -0.05) is 143 Å². The molecule has 0 aliphatic carbocycles. The number of aliphatic hydroxyl groups is 1. The van der Waals surface area contributed by atoms with Gasteiger partial charge in [0.1, 0.15) is 0 Å². The summed E-state index contributed by atoms with van der Waals surface area (Å²) in [4.78, 5) is 0. The summed E-state index contributed by atoms with van der Waals surface area (Å²) in [7, 11) is 0. The van der Waals surface area contributed by atoms with Crippen LogP contribution in [0.25, 0.3) is 0 Å². The van der Waals surface area contributed by atoms with Crippen LogP contribution < -0.4 is 0 Å². The molecule has 0 bridgehead atoms. The Morgan fingerprint density at radius 1 is 0.448 bits per heavy atom. The molecule has 0 amide bonds. The van der Waals surface area contributed by atoms with Gasteiger partial charge < -0.3 is 5.11 Å². The molecule has 1 heteroatoms. The van der Waals surface area contributed by atoms with Crippen LogP contribution in [0.3, 0.4) is 0 Å². The van der Waals surface area contributed by atoms with Crippen LogP contribution in [0.4, 0.5) is 0 Å². The van der Waals surface area contributed by atoms with E-state index in [0.717, 1.165) is 12.8 Å². The van der Waals surface area contributed by atoms with Gasteiger partial charge >= 0.3 is 0 Å². The molecule has 29 heavy (non-hydrogen) atoms. The third-order valence-corrected chi connectivity index (χ3v) is 7.00. The second-order valence-corrected chi connectivity index (χ2v) is 9.83. The van der Waals surface area contributed by atoms with Crippen molar-refractivity contribution in [1.82, 2.24) is 0 Å². The maximum atomic E-state index is 11.8. The highest BCUT2D eigenvalue weighted by Crippen LogP contribution is 2.37. The van der Waals surface area contributed by atoms with E-state index in [1.54, 1.807) is 0 Å². The highest BCUT2D eigenvalue weighted by Gasteiger charge is 2.34. The van der Waals surface area contributed by atoms with Gasteiger partial charge in [0, 0.05) is 0 Å². The minimum absolute atomic E-state index is 0.392. The van der Waals surface area contributed by atoms with Crippen LogP contribution in [0.15, 0.2) is 0 Å². The number of hydrogen-bond acceptors (Lipinski definition) is 1. The van der Waals surface area contributed by atoms with Crippen molar-refractivity contribution < 1.29 is 5.11 Å². The van der Waals surface area contributed by atoms with Crippen LogP contribution in [0.5, 0.6) is 0 Å². The molecular weight excluding hydrogens is 352 g/mol. The molecule has 0 heterocycles. The Labute approximate surface area is 185 Å². The van der Waals surface area contributed by atoms with Crippen LogP contribution in [0.2, 0.25) is 0 Å². The molecule has 0 rings (SSSR count). The third kappa shape index (κ3) is 16.3. The average molecular weight is 411 g/mol. The molecule has 0 fully saturated rings. The van der Waals surface area contributed by atoms with E-state index in [1.807, 2.05) is 0 Å². The van der Waals surface area contributed by atoms with Gasteiger partial charge in [-0.15, -0.1) is 0 Å². The molecule has 0 spiro atoms. The van der Waals surface area contributed by atoms with Crippen LogP contribution in [-0.4, -0.2) is 10.7 Å². The first-order chi connectivity index (χ1) is 14.1. The molecule has 1 N–H and O–H groups in total. The van der Waals surface area contributed by atoms with Crippen molar-refractivity contribution in [3.63, 3.8) is 0 Å². The Hall–Kier alpha value is -0.0400. The van der Waals surface area contributed by atoms with E-state index >= 15 is 0 Å². The number of unbranched alkanes of at least 4 members (excludes halogenated alkanes) is 14. The normalized spacial score (nSPS) is 14.8. The Bertz CT molecular complexity index is 313. The topological polar surface area (TPSA) is 20.2 Å². The quantitative estimate of drug-likeness (QED) is 0.166. The Morgan fingerprint density at radius 2 is 0.793 bits per heavy atom. The second-order valence-electron chi connectivity index (χ2n) is 9.83. The van der Waals surface area contributed by atoms with E-state index in [0.29, 0.717) is 5.92 Å². The SMILES string of the molecule is CCCCCCCCC(CCCCCC)C(O)(CCCC)CCCCCCCC. The zero-order chi connectivity index (χ0) is 21.6. The smallest absolute Gasteiger partial charge is 0.0675 e. The molecule has 0 saturated heterocycles. The molecule has 0 aromatic heterocycles. The molecule has 0 aliphatic rings. The molecule has 0 aromatic rings. The van der Waals surface area contributed by atoms with Gasteiger partial charge in [-0.3, -0.25) is 0 Å². The molecule has 0 aliphatic heterocycles. The van der Waals surface area contributed by atoms with E-state index in [-0.39, 0.29) is 0 Å². The van der Waals surface area contributed by atoms with Crippen LogP contribution in [0.1, 0.15) is 169 Å². The Morgan fingerprint density at radius 3 is 1.28 bits per heavy atom. The fourth-order valence-electron chi connectivity index (χ4n) is 4.90.